The number of nitrogens with zero attached hydrogens (tertiary/aromatic N) is 1. The van der Waals surface area contributed by atoms with Crippen LogP contribution in [-0.2, 0) is 11.2 Å². The van der Waals surface area contributed by atoms with Gasteiger partial charge < -0.3 is 20.3 Å². The van der Waals surface area contributed by atoms with Gasteiger partial charge in [-0.2, -0.15) is 0 Å². The second kappa shape index (κ2) is 7.72. The molecule has 6 nitrogen and oxygen atoms in total. The zero-order valence-electron chi connectivity index (χ0n) is 15.6. The Morgan fingerprint density at radius 2 is 2.07 bits per heavy atom. The molecule has 0 unspecified atom stereocenters. The predicted octanol–water partition coefficient (Wildman–Crippen LogP) is 4.08. The molecule has 146 valence electrons. The van der Waals surface area contributed by atoms with Gasteiger partial charge in [-0.1, -0.05) is 11.6 Å². The third-order valence-electron chi connectivity index (χ3n) is 5.11. The lowest BCUT2D eigenvalue weighted by molar-refractivity contribution is -0.116. The molecule has 2 aliphatic rings. The minimum atomic E-state index is -0.109. The Labute approximate surface area is 168 Å². The van der Waals surface area contributed by atoms with E-state index in [0.717, 1.165) is 34.7 Å². The number of rotatable bonds is 4. The van der Waals surface area contributed by atoms with Crippen LogP contribution in [-0.4, -0.2) is 36.5 Å². The molecule has 2 aromatic carbocycles. The molecule has 0 aliphatic carbocycles. The van der Waals surface area contributed by atoms with Gasteiger partial charge in [0.25, 0.3) is 0 Å². The van der Waals surface area contributed by atoms with E-state index in [0.29, 0.717) is 37.1 Å². The Hall–Kier alpha value is -2.73. The summed E-state index contributed by atoms with van der Waals surface area (Å²) in [7, 11) is 0. The fourth-order valence-electron chi connectivity index (χ4n) is 3.43. The molecule has 0 atom stereocenters. The van der Waals surface area contributed by atoms with Crippen LogP contribution in [0.3, 0.4) is 0 Å². The van der Waals surface area contributed by atoms with Crippen LogP contribution in [0.25, 0.3) is 0 Å². The quantitative estimate of drug-likeness (QED) is 0.813. The first kappa shape index (κ1) is 18.6. The molecule has 28 heavy (non-hydrogen) atoms. The molecule has 1 saturated heterocycles. The lowest BCUT2D eigenvalue weighted by Gasteiger charge is -2.38. The summed E-state index contributed by atoms with van der Waals surface area (Å²) in [5.41, 5.74) is 3.64. The monoisotopic (exact) mass is 399 g/mol. The van der Waals surface area contributed by atoms with Crippen LogP contribution in [0, 0.1) is 12.8 Å². The Morgan fingerprint density at radius 1 is 1.25 bits per heavy atom. The standard InChI is InChI=1S/C21H22ClN3O3/c1-13-8-16(3-5-18(13)22)23-21(27)25-10-14(11-25)12-28-17-4-6-19-15(9-17)2-7-20(26)24-19/h3-6,8-9,14H,2,7,10-12H2,1H3,(H,23,27)(H,24,26). The Morgan fingerprint density at radius 3 is 2.86 bits per heavy atom. The maximum Gasteiger partial charge on any atom is 0.321 e. The number of urea groups is 1. The molecule has 0 saturated carbocycles. The number of hydrogen-bond acceptors (Lipinski definition) is 3. The summed E-state index contributed by atoms with van der Waals surface area (Å²) in [4.78, 5) is 25.5. The van der Waals surface area contributed by atoms with E-state index in [9.17, 15) is 9.59 Å². The van der Waals surface area contributed by atoms with Gasteiger partial charge in [-0.25, -0.2) is 4.79 Å². The van der Waals surface area contributed by atoms with E-state index in [1.165, 1.54) is 0 Å². The Balaban J connectivity index is 1.24. The Bertz CT molecular complexity index is 925. The highest BCUT2D eigenvalue weighted by Crippen LogP contribution is 2.28. The van der Waals surface area contributed by atoms with Crippen LogP contribution in [0.4, 0.5) is 16.2 Å². The zero-order chi connectivity index (χ0) is 19.7. The summed E-state index contributed by atoms with van der Waals surface area (Å²) in [6.45, 7) is 3.80. The van der Waals surface area contributed by atoms with Crippen molar-refractivity contribution in [1.29, 1.82) is 0 Å². The molecule has 0 bridgehead atoms. The van der Waals surface area contributed by atoms with Crippen LogP contribution in [0.15, 0.2) is 36.4 Å². The molecule has 2 N–H and O–H groups in total. The summed E-state index contributed by atoms with van der Waals surface area (Å²) >= 11 is 6.01. The molecule has 2 heterocycles. The van der Waals surface area contributed by atoms with E-state index < -0.39 is 0 Å². The summed E-state index contributed by atoms with van der Waals surface area (Å²) in [6, 6.07) is 11.1. The van der Waals surface area contributed by atoms with Crippen molar-refractivity contribution in [2.75, 3.05) is 30.3 Å². The number of fused-ring (bicyclic) bond motifs is 1. The minimum Gasteiger partial charge on any atom is -0.493 e. The number of ether oxygens (including phenoxy) is 1. The van der Waals surface area contributed by atoms with Gasteiger partial charge in [0.2, 0.25) is 5.91 Å². The van der Waals surface area contributed by atoms with Gasteiger partial charge in [0.15, 0.2) is 0 Å². The van der Waals surface area contributed by atoms with E-state index in [1.54, 1.807) is 17.0 Å². The number of likely N-dealkylation sites (tertiary alicyclic amines) is 1. The molecule has 0 radical (unpaired) electrons. The first-order valence-corrected chi connectivity index (χ1v) is 9.73. The van der Waals surface area contributed by atoms with E-state index in [4.69, 9.17) is 16.3 Å². The number of hydrogen-bond donors (Lipinski definition) is 2. The van der Waals surface area contributed by atoms with E-state index in [2.05, 4.69) is 10.6 Å². The van der Waals surface area contributed by atoms with Crippen molar-refractivity contribution in [3.63, 3.8) is 0 Å². The fourth-order valence-corrected chi connectivity index (χ4v) is 3.55. The third kappa shape index (κ3) is 4.07. The maximum absolute atomic E-state index is 12.3. The third-order valence-corrected chi connectivity index (χ3v) is 5.54. The van der Waals surface area contributed by atoms with Crippen molar-refractivity contribution in [1.82, 2.24) is 4.90 Å². The lowest BCUT2D eigenvalue weighted by Crippen LogP contribution is -2.53. The van der Waals surface area contributed by atoms with E-state index >= 15 is 0 Å². The average molecular weight is 400 g/mol. The number of carbonyl (C=O) groups excluding carboxylic acids is 2. The number of nitrogens with one attached hydrogen (secondary N) is 2. The number of benzene rings is 2. The molecule has 1 fully saturated rings. The molecular formula is C21H22ClN3O3. The van der Waals surface area contributed by atoms with Gasteiger partial charge in [-0.05, 0) is 60.9 Å². The van der Waals surface area contributed by atoms with E-state index in [-0.39, 0.29) is 11.9 Å². The normalized spacial score (nSPS) is 16.1. The first-order chi connectivity index (χ1) is 13.5. The number of anilines is 2. The highest BCUT2D eigenvalue weighted by molar-refractivity contribution is 6.31. The van der Waals surface area contributed by atoms with Gasteiger partial charge >= 0.3 is 6.03 Å². The van der Waals surface area contributed by atoms with Crippen molar-refractivity contribution in [2.24, 2.45) is 5.92 Å². The molecule has 7 heteroatoms. The SMILES string of the molecule is Cc1cc(NC(=O)N2CC(COc3ccc4c(c3)CCC(=O)N4)C2)ccc1Cl. The van der Waals surface area contributed by atoms with Gasteiger partial charge in [0.1, 0.15) is 5.75 Å². The molecule has 2 aromatic rings. The van der Waals surface area contributed by atoms with Gasteiger partial charge in [-0.15, -0.1) is 0 Å². The van der Waals surface area contributed by atoms with Crippen LogP contribution in [0.2, 0.25) is 5.02 Å². The molecule has 3 amide bonds. The topological polar surface area (TPSA) is 70.7 Å². The van der Waals surface area contributed by atoms with Crippen LogP contribution in [0.5, 0.6) is 5.75 Å². The average Bonchev–Trinajstić information content (AvgIpc) is 2.63. The van der Waals surface area contributed by atoms with Crippen molar-refractivity contribution < 1.29 is 14.3 Å². The van der Waals surface area contributed by atoms with Gasteiger partial charge in [0.05, 0.1) is 6.61 Å². The molecular weight excluding hydrogens is 378 g/mol. The number of carbonyl (C=O) groups is 2. The lowest BCUT2D eigenvalue weighted by atomic mass is 10.0. The second-order valence-corrected chi connectivity index (χ2v) is 7.75. The number of halogens is 1. The largest absolute Gasteiger partial charge is 0.493 e. The molecule has 4 rings (SSSR count). The zero-order valence-corrected chi connectivity index (χ0v) is 16.4. The van der Waals surface area contributed by atoms with Gasteiger partial charge in [0, 0.05) is 41.8 Å². The Kier molecular flexibility index (Phi) is 5.13. The van der Waals surface area contributed by atoms with Crippen molar-refractivity contribution in [2.45, 2.75) is 19.8 Å². The van der Waals surface area contributed by atoms with Crippen molar-refractivity contribution in [3.05, 3.63) is 52.5 Å². The van der Waals surface area contributed by atoms with Crippen molar-refractivity contribution in [3.8, 4) is 5.75 Å². The first-order valence-electron chi connectivity index (χ1n) is 9.35. The van der Waals surface area contributed by atoms with Crippen LogP contribution in [0.1, 0.15) is 17.5 Å². The predicted molar refractivity (Wildman–Crippen MR) is 109 cm³/mol. The van der Waals surface area contributed by atoms with Gasteiger partial charge in [-0.3, -0.25) is 4.79 Å². The summed E-state index contributed by atoms with van der Waals surface area (Å²) in [6.07, 6.45) is 1.25. The molecule has 0 spiro atoms. The van der Waals surface area contributed by atoms with Crippen LogP contribution >= 0.6 is 11.6 Å². The van der Waals surface area contributed by atoms with Crippen molar-refractivity contribution >= 4 is 34.9 Å². The van der Waals surface area contributed by atoms with E-state index in [1.807, 2.05) is 31.2 Å². The maximum atomic E-state index is 12.3. The highest BCUT2D eigenvalue weighted by atomic mass is 35.5. The summed E-state index contributed by atoms with van der Waals surface area (Å²) in [5, 5.41) is 6.45. The van der Waals surface area contributed by atoms with Crippen LogP contribution < -0.4 is 15.4 Å². The minimum absolute atomic E-state index is 0.0581. The summed E-state index contributed by atoms with van der Waals surface area (Å²) in [5.74, 6) is 1.17. The molecule has 0 aromatic heterocycles. The number of aryl methyl sites for hydroxylation is 2. The number of amides is 3. The molecule has 2 aliphatic heterocycles. The fraction of sp³-hybridized carbons (Fsp3) is 0.333. The highest BCUT2D eigenvalue weighted by Gasteiger charge is 2.31. The second-order valence-electron chi connectivity index (χ2n) is 7.34. The smallest absolute Gasteiger partial charge is 0.321 e. The summed E-state index contributed by atoms with van der Waals surface area (Å²) < 4.78 is 5.89.